The van der Waals surface area contributed by atoms with Crippen molar-refractivity contribution in [3.8, 4) is 22.8 Å². The van der Waals surface area contributed by atoms with E-state index in [1.54, 1.807) is 6.07 Å². The molecule has 1 heterocycles. The van der Waals surface area contributed by atoms with E-state index in [0.29, 0.717) is 12.2 Å². The van der Waals surface area contributed by atoms with Crippen molar-refractivity contribution in [1.82, 2.24) is 0 Å². The number of hydrogen-bond donors (Lipinski definition) is 2. The second kappa shape index (κ2) is 10.5. The first-order chi connectivity index (χ1) is 15.7. The first-order valence-corrected chi connectivity index (χ1v) is 11.0. The van der Waals surface area contributed by atoms with Crippen LogP contribution in [0.5, 0.6) is 11.5 Å². The number of nitrogens with two attached hydrogens (primary N) is 1. The van der Waals surface area contributed by atoms with Crippen molar-refractivity contribution in [2.75, 3.05) is 13.2 Å². The summed E-state index contributed by atoms with van der Waals surface area (Å²) in [5.41, 5.74) is 7.91. The van der Waals surface area contributed by atoms with Gasteiger partial charge >= 0.3 is 0 Å². The summed E-state index contributed by atoms with van der Waals surface area (Å²) in [6, 6.07) is 25.4. The minimum Gasteiger partial charge on any atom is -0.494 e. The maximum absolute atomic E-state index is 7.59. The van der Waals surface area contributed by atoms with E-state index in [1.807, 2.05) is 72.8 Å². The van der Waals surface area contributed by atoms with Gasteiger partial charge in [-0.1, -0.05) is 42.5 Å². The number of unbranched alkanes of at least 4 members (excludes halogenated alkanes) is 3. The highest BCUT2D eigenvalue weighted by Gasteiger charge is 2.09. The van der Waals surface area contributed by atoms with E-state index in [9.17, 15) is 0 Å². The minimum absolute atomic E-state index is 0.0315. The molecule has 0 saturated heterocycles. The number of hydrogen-bond acceptors (Lipinski definition) is 4. The molecule has 0 amide bonds. The Hall–Kier alpha value is -3.73. The van der Waals surface area contributed by atoms with Gasteiger partial charge in [0.1, 0.15) is 28.7 Å². The van der Waals surface area contributed by atoms with Crippen molar-refractivity contribution in [3.63, 3.8) is 0 Å². The number of fused-ring (bicyclic) bond motifs is 1. The molecular formula is C27H28N2O3. The second-order valence-corrected chi connectivity index (χ2v) is 7.73. The quantitative estimate of drug-likeness (QED) is 0.164. The van der Waals surface area contributed by atoms with E-state index < -0.39 is 0 Å². The van der Waals surface area contributed by atoms with Gasteiger partial charge < -0.3 is 19.6 Å². The van der Waals surface area contributed by atoms with Crippen LogP contribution in [0.2, 0.25) is 0 Å². The molecule has 0 atom stereocenters. The van der Waals surface area contributed by atoms with Gasteiger partial charge in [0.15, 0.2) is 0 Å². The summed E-state index contributed by atoms with van der Waals surface area (Å²) in [6.45, 7) is 1.43. The summed E-state index contributed by atoms with van der Waals surface area (Å²) in [7, 11) is 0. The van der Waals surface area contributed by atoms with Gasteiger partial charge in [-0.05, 0) is 62.1 Å². The number of nitrogens with one attached hydrogen (secondary N) is 1. The Kier molecular flexibility index (Phi) is 7.08. The van der Waals surface area contributed by atoms with Crippen LogP contribution in [0, 0.1) is 5.41 Å². The van der Waals surface area contributed by atoms with Crippen molar-refractivity contribution < 1.29 is 13.9 Å². The highest BCUT2D eigenvalue weighted by molar-refractivity contribution is 5.98. The van der Waals surface area contributed by atoms with Gasteiger partial charge in [0, 0.05) is 16.5 Å². The molecule has 0 fully saturated rings. The number of amidine groups is 1. The van der Waals surface area contributed by atoms with Crippen LogP contribution in [0.4, 0.5) is 0 Å². The van der Waals surface area contributed by atoms with Gasteiger partial charge in [-0.3, -0.25) is 5.41 Å². The number of furan rings is 1. The molecule has 0 unspecified atom stereocenters. The van der Waals surface area contributed by atoms with E-state index in [0.717, 1.165) is 66.1 Å². The van der Waals surface area contributed by atoms with Gasteiger partial charge in [-0.25, -0.2) is 0 Å². The predicted octanol–water partition coefficient (Wildman–Crippen LogP) is 6.40. The lowest BCUT2D eigenvalue weighted by atomic mass is 10.1. The molecule has 164 valence electrons. The Bertz CT molecular complexity index is 1170. The van der Waals surface area contributed by atoms with Crippen LogP contribution in [-0.2, 0) is 0 Å². The van der Waals surface area contributed by atoms with Gasteiger partial charge in [0.05, 0.1) is 13.2 Å². The lowest BCUT2D eigenvalue weighted by molar-refractivity contribution is 0.287. The monoisotopic (exact) mass is 428 g/mol. The van der Waals surface area contributed by atoms with E-state index in [2.05, 4.69) is 0 Å². The third kappa shape index (κ3) is 5.70. The summed E-state index contributed by atoms with van der Waals surface area (Å²) in [5.74, 6) is 2.56. The van der Waals surface area contributed by atoms with Crippen molar-refractivity contribution in [2.24, 2.45) is 5.73 Å². The fraction of sp³-hybridized carbons (Fsp3) is 0.222. The highest BCUT2D eigenvalue weighted by Crippen LogP contribution is 2.30. The Morgan fingerprint density at radius 3 is 2.22 bits per heavy atom. The molecule has 3 aromatic carbocycles. The SMILES string of the molecule is N=C(N)c1ccc2cc(-c3cccc(OCCCCCCOc4ccccc4)c3)oc2c1. The van der Waals surface area contributed by atoms with Crippen molar-refractivity contribution in [1.29, 1.82) is 5.41 Å². The van der Waals surface area contributed by atoms with E-state index in [-0.39, 0.29) is 5.84 Å². The molecule has 0 bridgehead atoms. The number of para-hydroxylation sites is 1. The summed E-state index contributed by atoms with van der Waals surface area (Å²) in [4.78, 5) is 0. The van der Waals surface area contributed by atoms with Crippen LogP contribution in [0.15, 0.2) is 83.3 Å². The highest BCUT2D eigenvalue weighted by atomic mass is 16.5. The zero-order chi connectivity index (χ0) is 22.2. The Morgan fingerprint density at radius 2 is 1.47 bits per heavy atom. The molecule has 0 aliphatic heterocycles. The normalized spacial score (nSPS) is 10.9. The number of ether oxygens (including phenoxy) is 2. The molecule has 0 radical (unpaired) electrons. The van der Waals surface area contributed by atoms with Crippen LogP contribution in [0.1, 0.15) is 31.2 Å². The third-order valence-electron chi connectivity index (χ3n) is 5.27. The van der Waals surface area contributed by atoms with Crippen LogP contribution in [-0.4, -0.2) is 19.0 Å². The molecule has 0 spiro atoms. The maximum atomic E-state index is 7.59. The fourth-order valence-electron chi connectivity index (χ4n) is 3.53. The molecule has 1 aromatic heterocycles. The lowest BCUT2D eigenvalue weighted by Crippen LogP contribution is -2.10. The molecule has 5 nitrogen and oxygen atoms in total. The molecule has 32 heavy (non-hydrogen) atoms. The molecule has 0 aliphatic rings. The minimum atomic E-state index is 0.0315. The fourth-order valence-corrected chi connectivity index (χ4v) is 3.53. The van der Waals surface area contributed by atoms with E-state index in [4.69, 9.17) is 25.0 Å². The number of nitrogen functional groups attached to an aromatic ring is 1. The van der Waals surface area contributed by atoms with Gasteiger partial charge in [-0.15, -0.1) is 0 Å². The standard InChI is InChI=1S/C27H28N2O3/c28-27(29)22-14-13-21-18-25(32-26(21)19-22)20-9-8-12-24(17-20)31-16-7-2-1-6-15-30-23-10-4-3-5-11-23/h3-5,8-14,17-19H,1-2,6-7,15-16H2,(H3,28,29). The maximum Gasteiger partial charge on any atom is 0.135 e. The molecule has 4 rings (SSSR count). The predicted molar refractivity (Wildman–Crippen MR) is 129 cm³/mol. The van der Waals surface area contributed by atoms with Crippen LogP contribution in [0.3, 0.4) is 0 Å². The lowest BCUT2D eigenvalue weighted by Gasteiger charge is -2.08. The van der Waals surface area contributed by atoms with Crippen molar-refractivity contribution >= 4 is 16.8 Å². The smallest absolute Gasteiger partial charge is 0.135 e. The topological polar surface area (TPSA) is 81.5 Å². The van der Waals surface area contributed by atoms with Gasteiger partial charge in [-0.2, -0.15) is 0 Å². The number of rotatable bonds is 11. The average Bonchev–Trinajstić information content (AvgIpc) is 3.25. The summed E-state index contributed by atoms with van der Waals surface area (Å²) < 4.78 is 17.7. The first-order valence-electron chi connectivity index (χ1n) is 11.0. The Balaban J connectivity index is 1.23. The molecule has 4 aromatic rings. The van der Waals surface area contributed by atoms with Crippen molar-refractivity contribution in [3.05, 3.63) is 84.4 Å². The average molecular weight is 429 g/mol. The largest absolute Gasteiger partial charge is 0.494 e. The van der Waals surface area contributed by atoms with Crippen LogP contribution >= 0.6 is 0 Å². The first kappa shape index (κ1) is 21.5. The van der Waals surface area contributed by atoms with Crippen LogP contribution < -0.4 is 15.2 Å². The van der Waals surface area contributed by atoms with Crippen molar-refractivity contribution in [2.45, 2.75) is 25.7 Å². The van der Waals surface area contributed by atoms with Gasteiger partial charge in [0.2, 0.25) is 0 Å². The summed E-state index contributed by atoms with van der Waals surface area (Å²) in [6.07, 6.45) is 4.28. The van der Waals surface area contributed by atoms with E-state index >= 15 is 0 Å². The molecule has 0 saturated carbocycles. The van der Waals surface area contributed by atoms with Gasteiger partial charge in [0.25, 0.3) is 0 Å². The molecular weight excluding hydrogens is 400 g/mol. The number of benzene rings is 3. The summed E-state index contributed by atoms with van der Waals surface area (Å²) in [5, 5.41) is 8.57. The van der Waals surface area contributed by atoms with Crippen LogP contribution in [0.25, 0.3) is 22.3 Å². The molecule has 3 N–H and O–H groups in total. The molecule has 5 heteroatoms. The Morgan fingerprint density at radius 1 is 0.750 bits per heavy atom. The summed E-state index contributed by atoms with van der Waals surface area (Å²) >= 11 is 0. The second-order valence-electron chi connectivity index (χ2n) is 7.73. The Labute approximate surface area is 188 Å². The zero-order valence-electron chi connectivity index (χ0n) is 18.1. The third-order valence-corrected chi connectivity index (χ3v) is 5.27. The molecule has 0 aliphatic carbocycles. The zero-order valence-corrected chi connectivity index (χ0v) is 18.1. The van der Waals surface area contributed by atoms with E-state index in [1.165, 1.54) is 0 Å².